The van der Waals surface area contributed by atoms with Crippen LogP contribution in [-0.2, 0) is 10.2 Å². The SMILES string of the molecule is COc1ccccc1[C@@]1(CCN)CCO[C@H](C(C)C)C1. The highest BCUT2D eigenvalue weighted by Crippen LogP contribution is 2.44. The third-order valence-corrected chi connectivity index (χ3v) is 4.55. The zero-order chi connectivity index (χ0) is 14.6. The molecule has 2 rings (SSSR count). The molecule has 20 heavy (non-hydrogen) atoms. The zero-order valence-corrected chi connectivity index (χ0v) is 12.9. The second kappa shape index (κ2) is 6.59. The van der Waals surface area contributed by atoms with Crippen LogP contribution in [0.25, 0.3) is 0 Å². The monoisotopic (exact) mass is 277 g/mol. The highest BCUT2D eigenvalue weighted by Gasteiger charge is 2.40. The van der Waals surface area contributed by atoms with Crippen molar-refractivity contribution >= 4 is 0 Å². The number of benzene rings is 1. The molecule has 112 valence electrons. The number of methoxy groups -OCH3 is 1. The molecular weight excluding hydrogens is 250 g/mol. The van der Waals surface area contributed by atoms with Gasteiger partial charge in [0.1, 0.15) is 5.75 Å². The van der Waals surface area contributed by atoms with Gasteiger partial charge in [0.25, 0.3) is 0 Å². The fourth-order valence-electron chi connectivity index (χ4n) is 3.35. The Hall–Kier alpha value is -1.06. The molecule has 0 aromatic heterocycles. The van der Waals surface area contributed by atoms with Crippen molar-refractivity contribution in [3.63, 3.8) is 0 Å². The van der Waals surface area contributed by atoms with Crippen molar-refractivity contribution in [2.24, 2.45) is 11.7 Å². The van der Waals surface area contributed by atoms with E-state index >= 15 is 0 Å². The van der Waals surface area contributed by atoms with E-state index in [1.54, 1.807) is 7.11 Å². The maximum Gasteiger partial charge on any atom is 0.122 e. The average molecular weight is 277 g/mol. The molecule has 0 amide bonds. The molecule has 3 nitrogen and oxygen atoms in total. The van der Waals surface area contributed by atoms with E-state index in [1.807, 2.05) is 12.1 Å². The lowest BCUT2D eigenvalue weighted by Crippen LogP contribution is -2.42. The van der Waals surface area contributed by atoms with Crippen molar-refractivity contribution in [1.82, 2.24) is 0 Å². The van der Waals surface area contributed by atoms with Crippen LogP contribution < -0.4 is 10.5 Å². The molecule has 1 heterocycles. The summed E-state index contributed by atoms with van der Waals surface area (Å²) in [4.78, 5) is 0. The first kappa shape index (κ1) is 15.3. The number of hydrogen-bond donors (Lipinski definition) is 1. The summed E-state index contributed by atoms with van der Waals surface area (Å²) in [6.07, 6.45) is 3.34. The molecule has 3 heteroatoms. The van der Waals surface area contributed by atoms with Crippen LogP contribution in [0, 0.1) is 5.92 Å². The maximum atomic E-state index is 5.95. The lowest BCUT2D eigenvalue weighted by Gasteiger charge is -2.43. The quantitative estimate of drug-likeness (QED) is 0.899. The molecule has 0 unspecified atom stereocenters. The minimum Gasteiger partial charge on any atom is -0.496 e. The van der Waals surface area contributed by atoms with Crippen molar-refractivity contribution in [2.45, 2.75) is 44.6 Å². The largest absolute Gasteiger partial charge is 0.496 e. The van der Waals surface area contributed by atoms with Crippen molar-refractivity contribution in [3.8, 4) is 5.75 Å². The summed E-state index contributed by atoms with van der Waals surface area (Å²) in [6.45, 7) is 5.96. The van der Waals surface area contributed by atoms with Gasteiger partial charge in [-0.3, -0.25) is 0 Å². The molecule has 1 aliphatic rings. The summed E-state index contributed by atoms with van der Waals surface area (Å²) in [7, 11) is 1.74. The number of hydrogen-bond acceptors (Lipinski definition) is 3. The summed E-state index contributed by atoms with van der Waals surface area (Å²) in [5.41, 5.74) is 7.30. The van der Waals surface area contributed by atoms with Crippen LogP contribution in [0.5, 0.6) is 5.75 Å². The van der Waals surface area contributed by atoms with Crippen LogP contribution in [0.15, 0.2) is 24.3 Å². The molecule has 0 saturated carbocycles. The summed E-state index contributed by atoms with van der Waals surface area (Å²) in [5, 5.41) is 0. The third kappa shape index (κ3) is 2.99. The van der Waals surface area contributed by atoms with Gasteiger partial charge in [0.2, 0.25) is 0 Å². The Morgan fingerprint density at radius 3 is 2.80 bits per heavy atom. The Bertz CT molecular complexity index is 429. The van der Waals surface area contributed by atoms with Crippen molar-refractivity contribution in [1.29, 1.82) is 0 Å². The number of nitrogens with two attached hydrogens (primary N) is 1. The first-order valence-corrected chi connectivity index (χ1v) is 7.58. The van der Waals surface area contributed by atoms with Crippen molar-refractivity contribution < 1.29 is 9.47 Å². The van der Waals surface area contributed by atoms with Crippen molar-refractivity contribution in [3.05, 3.63) is 29.8 Å². The van der Waals surface area contributed by atoms with E-state index in [-0.39, 0.29) is 5.41 Å². The molecule has 2 atom stereocenters. The van der Waals surface area contributed by atoms with Gasteiger partial charge in [-0.05, 0) is 37.8 Å². The predicted molar refractivity (Wildman–Crippen MR) is 82.2 cm³/mol. The van der Waals surface area contributed by atoms with E-state index in [9.17, 15) is 0 Å². The van der Waals surface area contributed by atoms with Gasteiger partial charge in [-0.25, -0.2) is 0 Å². The molecule has 1 aliphatic heterocycles. The van der Waals surface area contributed by atoms with Crippen LogP contribution in [0.2, 0.25) is 0 Å². The van der Waals surface area contributed by atoms with Gasteiger partial charge in [0.05, 0.1) is 13.2 Å². The summed E-state index contributed by atoms with van der Waals surface area (Å²) >= 11 is 0. The molecular formula is C17H27NO2. The standard InChI is InChI=1S/C17H27NO2/c1-13(2)16-12-17(8-10-18,9-11-20-16)14-6-4-5-7-15(14)19-3/h4-7,13,16H,8-12,18H2,1-3H3/t16-,17-/m0/s1. The maximum absolute atomic E-state index is 5.95. The smallest absolute Gasteiger partial charge is 0.122 e. The Labute approximate surface area is 122 Å². The lowest BCUT2D eigenvalue weighted by atomic mass is 9.68. The van der Waals surface area contributed by atoms with Crippen LogP contribution in [-0.4, -0.2) is 26.4 Å². The second-order valence-corrected chi connectivity index (χ2v) is 6.13. The van der Waals surface area contributed by atoms with Crippen LogP contribution in [0.3, 0.4) is 0 Å². The van der Waals surface area contributed by atoms with Gasteiger partial charge in [-0.2, -0.15) is 0 Å². The molecule has 0 spiro atoms. The molecule has 2 N–H and O–H groups in total. The fraction of sp³-hybridized carbons (Fsp3) is 0.647. The van der Waals surface area contributed by atoms with Crippen LogP contribution in [0.4, 0.5) is 0 Å². The van der Waals surface area contributed by atoms with Crippen LogP contribution in [0.1, 0.15) is 38.7 Å². The first-order chi connectivity index (χ1) is 9.63. The van der Waals surface area contributed by atoms with E-state index in [0.29, 0.717) is 18.6 Å². The Balaban J connectivity index is 2.38. The third-order valence-electron chi connectivity index (χ3n) is 4.55. The number of ether oxygens (including phenoxy) is 2. The highest BCUT2D eigenvalue weighted by atomic mass is 16.5. The summed E-state index contributed by atoms with van der Waals surface area (Å²) in [6, 6.07) is 8.36. The van der Waals surface area contributed by atoms with Gasteiger partial charge in [0.15, 0.2) is 0 Å². The zero-order valence-electron chi connectivity index (χ0n) is 12.9. The minimum absolute atomic E-state index is 0.0918. The van der Waals surface area contributed by atoms with E-state index in [0.717, 1.165) is 31.6 Å². The normalized spacial score (nSPS) is 26.8. The molecule has 1 aromatic rings. The summed E-state index contributed by atoms with van der Waals surface area (Å²) in [5.74, 6) is 1.51. The van der Waals surface area contributed by atoms with E-state index in [1.165, 1.54) is 5.56 Å². The number of para-hydroxylation sites is 1. The van der Waals surface area contributed by atoms with Gasteiger partial charge in [-0.1, -0.05) is 32.0 Å². The Morgan fingerprint density at radius 2 is 2.15 bits per heavy atom. The topological polar surface area (TPSA) is 44.5 Å². The van der Waals surface area contributed by atoms with E-state index in [4.69, 9.17) is 15.2 Å². The van der Waals surface area contributed by atoms with Gasteiger partial charge >= 0.3 is 0 Å². The molecule has 0 aliphatic carbocycles. The van der Waals surface area contributed by atoms with E-state index < -0.39 is 0 Å². The Kier molecular flexibility index (Phi) is 5.06. The lowest BCUT2D eigenvalue weighted by molar-refractivity contribution is -0.0469. The molecule has 0 bridgehead atoms. The second-order valence-electron chi connectivity index (χ2n) is 6.13. The van der Waals surface area contributed by atoms with Crippen molar-refractivity contribution in [2.75, 3.05) is 20.3 Å². The van der Waals surface area contributed by atoms with Gasteiger partial charge < -0.3 is 15.2 Å². The number of rotatable bonds is 5. The molecule has 0 radical (unpaired) electrons. The molecule has 1 saturated heterocycles. The molecule has 1 fully saturated rings. The summed E-state index contributed by atoms with van der Waals surface area (Å²) < 4.78 is 11.5. The Morgan fingerprint density at radius 1 is 1.40 bits per heavy atom. The fourth-order valence-corrected chi connectivity index (χ4v) is 3.35. The average Bonchev–Trinajstić information content (AvgIpc) is 2.47. The highest BCUT2D eigenvalue weighted by molar-refractivity contribution is 5.40. The van der Waals surface area contributed by atoms with Gasteiger partial charge in [0, 0.05) is 17.6 Å². The van der Waals surface area contributed by atoms with E-state index in [2.05, 4.69) is 26.0 Å². The first-order valence-electron chi connectivity index (χ1n) is 7.58. The predicted octanol–water partition coefficient (Wildman–Crippen LogP) is 3.12. The molecule has 1 aromatic carbocycles. The minimum atomic E-state index is 0.0918. The van der Waals surface area contributed by atoms with Crippen LogP contribution >= 0.6 is 0 Å². The van der Waals surface area contributed by atoms with Gasteiger partial charge in [-0.15, -0.1) is 0 Å².